The Hall–Kier alpha value is -1.13. The zero-order chi connectivity index (χ0) is 12.1. The first-order chi connectivity index (χ1) is 8.28. The first-order valence-electron chi connectivity index (χ1n) is 6.19. The molecule has 0 radical (unpaired) electrons. The maximum absolute atomic E-state index is 5.68. The molecule has 17 heavy (non-hydrogen) atoms. The number of hydrogen-bond acceptors (Lipinski definition) is 4. The third kappa shape index (κ3) is 3.68. The highest BCUT2D eigenvalue weighted by Crippen LogP contribution is 2.19. The Bertz CT molecular complexity index is 348. The van der Waals surface area contributed by atoms with Crippen molar-refractivity contribution in [1.82, 2.24) is 9.88 Å². The fourth-order valence-corrected chi connectivity index (χ4v) is 2.40. The highest BCUT2D eigenvalue weighted by Gasteiger charge is 2.18. The summed E-state index contributed by atoms with van der Waals surface area (Å²) >= 11 is 0. The summed E-state index contributed by atoms with van der Waals surface area (Å²) in [7, 11) is 1.78. The summed E-state index contributed by atoms with van der Waals surface area (Å²) in [5.74, 6) is 1.34. The van der Waals surface area contributed by atoms with Gasteiger partial charge in [0.2, 0.25) is 0 Å². The third-order valence-electron chi connectivity index (χ3n) is 3.36. The van der Waals surface area contributed by atoms with Crippen molar-refractivity contribution in [1.29, 1.82) is 0 Å². The molecule has 94 valence electrons. The molecule has 0 aliphatic carbocycles. The Morgan fingerprint density at radius 2 is 2.24 bits per heavy atom. The van der Waals surface area contributed by atoms with Crippen LogP contribution in [0.2, 0.25) is 0 Å². The monoisotopic (exact) mass is 235 g/mol. The average molecular weight is 235 g/mol. The second kappa shape index (κ2) is 5.98. The second-order valence-corrected chi connectivity index (χ2v) is 4.76. The number of nitrogen functional groups attached to an aromatic ring is 1. The number of likely N-dealkylation sites (tertiary alicyclic amines) is 1. The molecule has 2 heterocycles. The standard InChI is InChI=1S/C13H21N3O/c1-17-10-11-3-6-16(7-4-11)9-12-2-5-15-13(14)8-12/h2,5,8,11H,3-4,6-7,9-10H2,1H3,(H2,14,15). The molecule has 1 aliphatic heterocycles. The van der Waals surface area contributed by atoms with Crippen molar-refractivity contribution >= 4 is 5.82 Å². The van der Waals surface area contributed by atoms with Crippen molar-refractivity contribution in [2.75, 3.05) is 32.5 Å². The van der Waals surface area contributed by atoms with Crippen molar-refractivity contribution in [3.63, 3.8) is 0 Å². The number of anilines is 1. The Morgan fingerprint density at radius 3 is 2.88 bits per heavy atom. The molecule has 1 aliphatic rings. The van der Waals surface area contributed by atoms with Crippen LogP contribution in [0.4, 0.5) is 5.82 Å². The molecule has 4 heteroatoms. The van der Waals surface area contributed by atoms with Crippen LogP contribution in [0.3, 0.4) is 0 Å². The minimum absolute atomic E-state index is 0.608. The molecule has 1 saturated heterocycles. The third-order valence-corrected chi connectivity index (χ3v) is 3.36. The van der Waals surface area contributed by atoms with Crippen LogP contribution in [0.5, 0.6) is 0 Å². The molecule has 0 unspecified atom stereocenters. The van der Waals surface area contributed by atoms with Crippen molar-refractivity contribution in [2.45, 2.75) is 19.4 Å². The number of nitrogens with two attached hydrogens (primary N) is 1. The van der Waals surface area contributed by atoms with Gasteiger partial charge in [-0.2, -0.15) is 0 Å². The Balaban J connectivity index is 1.82. The number of aromatic nitrogens is 1. The smallest absolute Gasteiger partial charge is 0.123 e. The fraction of sp³-hybridized carbons (Fsp3) is 0.615. The number of hydrogen-bond donors (Lipinski definition) is 1. The van der Waals surface area contributed by atoms with Crippen molar-refractivity contribution in [2.24, 2.45) is 5.92 Å². The zero-order valence-electron chi connectivity index (χ0n) is 10.4. The van der Waals surface area contributed by atoms with E-state index in [9.17, 15) is 0 Å². The Labute approximate surface area is 103 Å². The number of rotatable bonds is 4. The van der Waals surface area contributed by atoms with E-state index in [1.807, 2.05) is 12.1 Å². The molecule has 0 amide bonds. The number of ether oxygens (including phenoxy) is 1. The lowest BCUT2D eigenvalue weighted by Gasteiger charge is -2.31. The van der Waals surface area contributed by atoms with E-state index in [0.29, 0.717) is 5.82 Å². The highest BCUT2D eigenvalue weighted by atomic mass is 16.5. The fourth-order valence-electron chi connectivity index (χ4n) is 2.40. The van der Waals surface area contributed by atoms with Gasteiger partial charge in [0.05, 0.1) is 0 Å². The summed E-state index contributed by atoms with van der Waals surface area (Å²) < 4.78 is 5.21. The maximum atomic E-state index is 5.68. The summed E-state index contributed by atoms with van der Waals surface area (Å²) in [6, 6.07) is 4.00. The van der Waals surface area contributed by atoms with Crippen LogP contribution < -0.4 is 5.73 Å². The summed E-state index contributed by atoms with van der Waals surface area (Å²) in [4.78, 5) is 6.49. The average Bonchev–Trinajstić information content (AvgIpc) is 2.32. The van der Waals surface area contributed by atoms with Crippen molar-refractivity contribution in [3.05, 3.63) is 23.9 Å². The van der Waals surface area contributed by atoms with Gasteiger partial charge in [-0.3, -0.25) is 4.90 Å². The van der Waals surface area contributed by atoms with Gasteiger partial charge in [0, 0.05) is 26.5 Å². The first kappa shape index (κ1) is 12.3. The van der Waals surface area contributed by atoms with E-state index < -0.39 is 0 Å². The van der Waals surface area contributed by atoms with Gasteiger partial charge in [-0.05, 0) is 49.5 Å². The summed E-state index contributed by atoms with van der Waals surface area (Å²) in [5.41, 5.74) is 6.93. The predicted molar refractivity (Wildman–Crippen MR) is 68.5 cm³/mol. The lowest BCUT2D eigenvalue weighted by molar-refractivity contribution is 0.0968. The largest absolute Gasteiger partial charge is 0.384 e. The molecular formula is C13H21N3O. The lowest BCUT2D eigenvalue weighted by atomic mass is 9.97. The number of methoxy groups -OCH3 is 1. The second-order valence-electron chi connectivity index (χ2n) is 4.76. The molecule has 0 aromatic carbocycles. The van der Waals surface area contributed by atoms with E-state index in [1.165, 1.54) is 18.4 Å². The minimum atomic E-state index is 0.608. The normalized spacial score (nSPS) is 18.4. The molecule has 0 saturated carbocycles. The highest BCUT2D eigenvalue weighted by molar-refractivity contribution is 5.31. The van der Waals surface area contributed by atoms with Crippen molar-refractivity contribution in [3.8, 4) is 0 Å². The van der Waals surface area contributed by atoms with Crippen molar-refractivity contribution < 1.29 is 4.74 Å². The van der Waals surface area contributed by atoms with Gasteiger partial charge in [0.25, 0.3) is 0 Å². The quantitative estimate of drug-likeness (QED) is 0.859. The van der Waals surface area contributed by atoms with Gasteiger partial charge in [-0.25, -0.2) is 4.98 Å². The molecule has 1 aromatic rings. The molecule has 2 rings (SSSR count). The Morgan fingerprint density at radius 1 is 1.47 bits per heavy atom. The van der Waals surface area contributed by atoms with Gasteiger partial charge in [-0.15, -0.1) is 0 Å². The van der Waals surface area contributed by atoms with Gasteiger partial charge in [-0.1, -0.05) is 0 Å². The maximum Gasteiger partial charge on any atom is 0.123 e. The topological polar surface area (TPSA) is 51.4 Å². The first-order valence-corrected chi connectivity index (χ1v) is 6.19. The molecule has 0 spiro atoms. The van der Waals surface area contributed by atoms with Gasteiger partial charge >= 0.3 is 0 Å². The van der Waals surface area contributed by atoms with E-state index in [2.05, 4.69) is 9.88 Å². The molecule has 4 nitrogen and oxygen atoms in total. The molecule has 2 N–H and O–H groups in total. The van der Waals surface area contributed by atoms with E-state index in [-0.39, 0.29) is 0 Å². The summed E-state index contributed by atoms with van der Waals surface area (Å²) in [5, 5.41) is 0. The number of pyridine rings is 1. The summed E-state index contributed by atoms with van der Waals surface area (Å²) in [6.07, 6.45) is 4.24. The molecular weight excluding hydrogens is 214 g/mol. The molecule has 1 aromatic heterocycles. The van der Waals surface area contributed by atoms with E-state index in [0.717, 1.165) is 32.2 Å². The van der Waals surface area contributed by atoms with E-state index in [4.69, 9.17) is 10.5 Å². The SMILES string of the molecule is COCC1CCN(Cc2ccnc(N)c2)CC1. The molecule has 1 fully saturated rings. The Kier molecular flexibility index (Phi) is 4.34. The van der Waals surface area contributed by atoms with Crippen LogP contribution in [0.1, 0.15) is 18.4 Å². The molecule has 0 atom stereocenters. The van der Waals surface area contributed by atoms with E-state index >= 15 is 0 Å². The van der Waals surface area contributed by atoms with Crippen LogP contribution >= 0.6 is 0 Å². The van der Waals surface area contributed by atoms with Crippen LogP contribution in [-0.4, -0.2) is 36.7 Å². The zero-order valence-corrected chi connectivity index (χ0v) is 10.4. The number of nitrogens with zero attached hydrogens (tertiary/aromatic N) is 2. The lowest BCUT2D eigenvalue weighted by Crippen LogP contribution is -2.34. The number of piperidine rings is 1. The van der Waals surface area contributed by atoms with Crippen LogP contribution in [0, 0.1) is 5.92 Å². The summed E-state index contributed by atoms with van der Waals surface area (Å²) in [6.45, 7) is 4.18. The van der Waals surface area contributed by atoms with E-state index in [1.54, 1.807) is 13.3 Å². The van der Waals surface area contributed by atoms with Gasteiger partial charge in [0.15, 0.2) is 0 Å². The minimum Gasteiger partial charge on any atom is -0.384 e. The van der Waals surface area contributed by atoms with Crippen LogP contribution in [0.25, 0.3) is 0 Å². The predicted octanol–water partition coefficient (Wildman–Crippen LogP) is 1.52. The van der Waals surface area contributed by atoms with Gasteiger partial charge in [0.1, 0.15) is 5.82 Å². The van der Waals surface area contributed by atoms with Gasteiger partial charge < -0.3 is 10.5 Å². The molecule has 0 bridgehead atoms. The van der Waals surface area contributed by atoms with Crippen LogP contribution in [0.15, 0.2) is 18.3 Å². The van der Waals surface area contributed by atoms with Crippen LogP contribution in [-0.2, 0) is 11.3 Å².